The average molecular weight is 254 g/mol. The number of ketones is 2. The van der Waals surface area contributed by atoms with E-state index in [4.69, 9.17) is 0 Å². The van der Waals surface area contributed by atoms with Crippen molar-refractivity contribution < 1.29 is 9.59 Å². The van der Waals surface area contributed by atoms with Crippen molar-refractivity contribution in [1.29, 1.82) is 0 Å². The topological polar surface area (TPSA) is 34.1 Å². The van der Waals surface area contributed by atoms with Gasteiger partial charge < -0.3 is 0 Å². The van der Waals surface area contributed by atoms with Crippen LogP contribution >= 0.6 is 0 Å². The molecule has 2 heteroatoms. The van der Waals surface area contributed by atoms with Gasteiger partial charge in [0.25, 0.3) is 0 Å². The summed E-state index contributed by atoms with van der Waals surface area (Å²) in [7, 11) is 0. The number of rotatable bonds is 3. The highest BCUT2D eigenvalue weighted by molar-refractivity contribution is 6.26. The third-order valence-electron chi connectivity index (χ3n) is 3.82. The average Bonchev–Trinajstić information content (AvgIpc) is 2.64. The fourth-order valence-corrected chi connectivity index (χ4v) is 2.38. The molecule has 2 rings (SSSR count). The lowest BCUT2D eigenvalue weighted by atomic mass is 9.78. The monoisotopic (exact) mass is 254 g/mol. The maximum Gasteiger partial charge on any atom is 0.177 e. The summed E-state index contributed by atoms with van der Waals surface area (Å²) in [6.07, 6.45) is 3.83. The zero-order chi connectivity index (χ0) is 14.0. The molecule has 0 heterocycles. The predicted octanol–water partition coefficient (Wildman–Crippen LogP) is 3.28. The molecule has 1 aromatic rings. The van der Waals surface area contributed by atoms with Crippen molar-refractivity contribution >= 4 is 11.6 Å². The van der Waals surface area contributed by atoms with Gasteiger partial charge in [0.05, 0.1) is 5.41 Å². The van der Waals surface area contributed by atoms with Crippen molar-refractivity contribution in [1.82, 2.24) is 0 Å². The van der Waals surface area contributed by atoms with Gasteiger partial charge in [0.15, 0.2) is 11.6 Å². The Hall–Kier alpha value is -1.96. The Kier molecular flexibility index (Phi) is 3.52. The molecule has 0 aliphatic heterocycles. The molecule has 0 fully saturated rings. The third kappa shape index (κ3) is 2.30. The van der Waals surface area contributed by atoms with E-state index in [9.17, 15) is 9.59 Å². The second-order valence-corrected chi connectivity index (χ2v) is 5.22. The zero-order valence-electron chi connectivity index (χ0n) is 11.6. The van der Waals surface area contributed by atoms with E-state index in [0.29, 0.717) is 12.0 Å². The van der Waals surface area contributed by atoms with Gasteiger partial charge in [-0.05, 0) is 44.4 Å². The number of hydrogen-bond acceptors (Lipinski definition) is 2. The number of carbonyl (C=O) groups is 2. The largest absolute Gasteiger partial charge is 0.294 e. The van der Waals surface area contributed by atoms with E-state index in [-0.39, 0.29) is 11.6 Å². The van der Waals surface area contributed by atoms with E-state index in [1.165, 1.54) is 6.08 Å². The third-order valence-corrected chi connectivity index (χ3v) is 3.82. The molecule has 1 aromatic carbocycles. The van der Waals surface area contributed by atoms with Crippen LogP contribution in [0.1, 0.15) is 26.3 Å². The van der Waals surface area contributed by atoms with Gasteiger partial charge in [-0.1, -0.05) is 36.4 Å². The molecule has 0 bridgehead atoms. The van der Waals surface area contributed by atoms with Crippen LogP contribution in [0.5, 0.6) is 0 Å². The van der Waals surface area contributed by atoms with Crippen LogP contribution in [0.2, 0.25) is 0 Å². The number of hydrogen-bond donors (Lipinski definition) is 0. The van der Waals surface area contributed by atoms with E-state index >= 15 is 0 Å². The van der Waals surface area contributed by atoms with Crippen LogP contribution in [-0.4, -0.2) is 11.6 Å². The minimum Gasteiger partial charge on any atom is -0.294 e. The summed E-state index contributed by atoms with van der Waals surface area (Å²) in [5.41, 5.74) is 1.50. The second-order valence-electron chi connectivity index (χ2n) is 5.22. The Bertz CT molecular complexity index is 579. The quantitative estimate of drug-likeness (QED) is 0.776. The zero-order valence-corrected chi connectivity index (χ0v) is 11.6. The molecule has 1 aliphatic carbocycles. The van der Waals surface area contributed by atoms with Crippen LogP contribution in [-0.2, 0) is 16.0 Å². The predicted molar refractivity (Wildman–Crippen MR) is 75.8 cm³/mol. The first-order chi connectivity index (χ1) is 8.99. The van der Waals surface area contributed by atoms with Crippen molar-refractivity contribution in [2.45, 2.75) is 27.2 Å². The van der Waals surface area contributed by atoms with Gasteiger partial charge >= 0.3 is 0 Å². The molecule has 0 amide bonds. The molecule has 0 saturated carbocycles. The Morgan fingerprint density at radius 3 is 2.42 bits per heavy atom. The molecule has 0 radical (unpaired) electrons. The van der Waals surface area contributed by atoms with Crippen LogP contribution in [0.25, 0.3) is 0 Å². The van der Waals surface area contributed by atoms with Crippen molar-refractivity contribution in [2.24, 2.45) is 5.41 Å². The summed E-state index contributed by atoms with van der Waals surface area (Å²) in [6.45, 7) is 5.49. The smallest absolute Gasteiger partial charge is 0.177 e. The molecule has 98 valence electrons. The number of allylic oxidation sites excluding steroid dienone is 4. The first-order valence-corrected chi connectivity index (χ1v) is 6.47. The Morgan fingerprint density at radius 2 is 1.84 bits per heavy atom. The second kappa shape index (κ2) is 4.96. The summed E-state index contributed by atoms with van der Waals surface area (Å²) in [6, 6.07) is 9.68. The van der Waals surface area contributed by atoms with Gasteiger partial charge in [0.2, 0.25) is 0 Å². The van der Waals surface area contributed by atoms with E-state index in [0.717, 1.165) is 11.1 Å². The fourth-order valence-electron chi connectivity index (χ4n) is 2.38. The minimum atomic E-state index is -0.943. The first-order valence-electron chi connectivity index (χ1n) is 6.47. The van der Waals surface area contributed by atoms with Gasteiger partial charge in [-0.25, -0.2) is 0 Å². The molecular formula is C17H18O2. The van der Waals surface area contributed by atoms with Crippen molar-refractivity contribution in [3.8, 4) is 0 Å². The Labute approximate surface area is 113 Å². The summed E-state index contributed by atoms with van der Waals surface area (Å²) >= 11 is 0. The van der Waals surface area contributed by atoms with E-state index < -0.39 is 5.41 Å². The molecule has 1 atom stereocenters. The fraction of sp³-hybridized carbons (Fsp3) is 0.294. The Balaban J connectivity index is 2.32. The normalized spacial score (nSPS) is 23.7. The molecule has 0 saturated heterocycles. The molecule has 0 spiro atoms. The van der Waals surface area contributed by atoms with Gasteiger partial charge in [-0.15, -0.1) is 0 Å². The molecule has 0 aromatic heterocycles. The van der Waals surface area contributed by atoms with Gasteiger partial charge in [-0.3, -0.25) is 9.59 Å². The standard InChI is InChI=1S/C17H18O2/c1-4-12(2)14-10-15(18)17(3,16(14)19)11-13-8-6-5-7-9-13/h4-10H,11H2,1-3H3/b12-4+/t17-/m0/s1. The van der Waals surface area contributed by atoms with Crippen LogP contribution in [0, 0.1) is 5.41 Å². The molecular weight excluding hydrogens is 236 g/mol. The van der Waals surface area contributed by atoms with Crippen LogP contribution in [0.4, 0.5) is 0 Å². The SMILES string of the molecule is C/C=C(\C)C1=CC(=O)[C@](C)(Cc2ccccc2)C1=O. The highest BCUT2D eigenvalue weighted by Crippen LogP contribution is 2.36. The lowest BCUT2D eigenvalue weighted by molar-refractivity contribution is -0.132. The number of Topliss-reactive ketones (excluding diaryl/α,β-unsaturated/α-hetero) is 1. The Morgan fingerprint density at radius 1 is 1.21 bits per heavy atom. The highest BCUT2D eigenvalue weighted by atomic mass is 16.2. The number of benzene rings is 1. The minimum absolute atomic E-state index is 0.0584. The lowest BCUT2D eigenvalue weighted by Gasteiger charge is -2.21. The van der Waals surface area contributed by atoms with Crippen molar-refractivity contribution in [3.05, 3.63) is 59.2 Å². The van der Waals surface area contributed by atoms with Gasteiger partial charge in [0.1, 0.15) is 0 Å². The van der Waals surface area contributed by atoms with Crippen molar-refractivity contribution in [2.75, 3.05) is 0 Å². The number of carbonyl (C=O) groups excluding carboxylic acids is 2. The van der Waals surface area contributed by atoms with Gasteiger partial charge in [0, 0.05) is 5.57 Å². The molecule has 0 N–H and O–H groups in total. The lowest BCUT2D eigenvalue weighted by Crippen LogP contribution is -2.33. The van der Waals surface area contributed by atoms with E-state index in [1.54, 1.807) is 6.92 Å². The molecule has 2 nitrogen and oxygen atoms in total. The van der Waals surface area contributed by atoms with Gasteiger partial charge in [-0.2, -0.15) is 0 Å². The maximum absolute atomic E-state index is 12.5. The molecule has 1 aliphatic rings. The maximum atomic E-state index is 12.5. The van der Waals surface area contributed by atoms with E-state index in [1.807, 2.05) is 50.3 Å². The molecule has 19 heavy (non-hydrogen) atoms. The van der Waals surface area contributed by atoms with Crippen molar-refractivity contribution in [3.63, 3.8) is 0 Å². The van der Waals surface area contributed by atoms with Crippen LogP contribution in [0.3, 0.4) is 0 Å². The highest BCUT2D eigenvalue weighted by Gasteiger charge is 2.46. The van der Waals surface area contributed by atoms with Crippen LogP contribution in [0.15, 0.2) is 53.6 Å². The van der Waals surface area contributed by atoms with E-state index in [2.05, 4.69) is 0 Å². The summed E-state index contributed by atoms with van der Waals surface area (Å²) in [5.74, 6) is -0.144. The summed E-state index contributed by atoms with van der Waals surface area (Å²) < 4.78 is 0. The summed E-state index contributed by atoms with van der Waals surface area (Å²) in [5, 5.41) is 0. The molecule has 0 unspecified atom stereocenters. The first kappa shape index (κ1) is 13.5. The van der Waals surface area contributed by atoms with Crippen LogP contribution < -0.4 is 0 Å². The summed E-state index contributed by atoms with van der Waals surface area (Å²) in [4.78, 5) is 24.7.